The van der Waals surface area contributed by atoms with E-state index in [0.717, 1.165) is 25.2 Å². The Bertz CT molecular complexity index is 365. The molecule has 3 nitrogen and oxygen atoms in total. The van der Waals surface area contributed by atoms with Gasteiger partial charge in [0, 0.05) is 25.2 Å². The van der Waals surface area contributed by atoms with Gasteiger partial charge in [-0.05, 0) is 18.7 Å². The maximum Gasteiger partial charge on any atom is 0.140 e. The van der Waals surface area contributed by atoms with Gasteiger partial charge in [-0.15, -0.1) is 0 Å². The van der Waals surface area contributed by atoms with Gasteiger partial charge in [0.25, 0.3) is 0 Å². The molecule has 0 bridgehead atoms. The Balaban J connectivity index is 2.38. The summed E-state index contributed by atoms with van der Waals surface area (Å²) in [5, 5.41) is 8.67. The molecule has 0 saturated heterocycles. The second-order valence-electron chi connectivity index (χ2n) is 3.40. The summed E-state index contributed by atoms with van der Waals surface area (Å²) in [6, 6.07) is 5.86. The quantitative estimate of drug-likeness (QED) is 0.586. The van der Waals surface area contributed by atoms with E-state index in [1.54, 1.807) is 6.07 Å². The molecule has 0 fully saturated rings. The van der Waals surface area contributed by atoms with E-state index < -0.39 is 0 Å². The van der Waals surface area contributed by atoms with E-state index in [1.165, 1.54) is 5.56 Å². The molecule has 66 valence electrons. The van der Waals surface area contributed by atoms with Crippen molar-refractivity contribution in [2.75, 3.05) is 13.6 Å². The molecule has 0 atom stereocenters. The number of aromatic nitrogens is 1. The largest absolute Gasteiger partial charge is 0.302 e. The average molecular weight is 173 g/mol. The van der Waals surface area contributed by atoms with Crippen LogP contribution in [0.15, 0.2) is 12.1 Å². The smallest absolute Gasteiger partial charge is 0.140 e. The summed E-state index contributed by atoms with van der Waals surface area (Å²) in [6.07, 6.45) is 0.960. The van der Waals surface area contributed by atoms with Gasteiger partial charge in [-0.1, -0.05) is 6.07 Å². The number of rotatable bonds is 0. The number of fused-ring (bicyclic) bond motifs is 1. The van der Waals surface area contributed by atoms with Gasteiger partial charge in [0.1, 0.15) is 11.8 Å². The monoisotopic (exact) mass is 173 g/mol. The molecule has 2 rings (SSSR count). The first-order chi connectivity index (χ1) is 6.29. The average Bonchev–Trinajstić information content (AvgIpc) is 2.17. The lowest BCUT2D eigenvalue weighted by molar-refractivity contribution is 0.310. The number of nitriles is 1. The highest BCUT2D eigenvalue weighted by atomic mass is 15.1. The van der Waals surface area contributed by atoms with E-state index in [1.807, 2.05) is 6.07 Å². The Morgan fingerprint density at radius 1 is 1.54 bits per heavy atom. The topological polar surface area (TPSA) is 39.9 Å². The molecule has 13 heavy (non-hydrogen) atoms. The van der Waals surface area contributed by atoms with Gasteiger partial charge < -0.3 is 4.90 Å². The van der Waals surface area contributed by atoms with Gasteiger partial charge in [-0.3, -0.25) is 0 Å². The molecule has 3 heteroatoms. The molecular weight excluding hydrogens is 162 g/mol. The van der Waals surface area contributed by atoms with Crippen molar-refractivity contribution >= 4 is 0 Å². The zero-order valence-corrected chi connectivity index (χ0v) is 7.62. The predicted octanol–water partition coefficient (Wildman–Crippen LogP) is 0.941. The number of nitrogens with zero attached hydrogens (tertiary/aromatic N) is 3. The molecule has 1 aliphatic rings. The molecule has 0 aromatic carbocycles. The number of hydrogen-bond donors (Lipinski definition) is 0. The summed E-state index contributed by atoms with van der Waals surface area (Å²) in [4.78, 5) is 6.54. The van der Waals surface area contributed by atoms with Crippen LogP contribution in [0.2, 0.25) is 0 Å². The Labute approximate surface area is 77.6 Å². The van der Waals surface area contributed by atoms with Crippen LogP contribution >= 0.6 is 0 Å². The van der Waals surface area contributed by atoms with Crippen molar-refractivity contribution < 1.29 is 0 Å². The van der Waals surface area contributed by atoms with Crippen LogP contribution in [0.4, 0.5) is 0 Å². The Kier molecular flexibility index (Phi) is 1.99. The molecule has 0 unspecified atom stereocenters. The predicted molar refractivity (Wildman–Crippen MR) is 49.0 cm³/mol. The van der Waals surface area contributed by atoms with E-state index in [4.69, 9.17) is 5.26 Å². The van der Waals surface area contributed by atoms with Gasteiger partial charge in [0.05, 0.1) is 0 Å². The van der Waals surface area contributed by atoms with Crippen LogP contribution in [-0.4, -0.2) is 23.5 Å². The second kappa shape index (κ2) is 3.15. The molecule has 0 radical (unpaired) electrons. The standard InChI is InChI=1S/C10H11N3/c1-13-5-4-10-8(7-13)2-3-9(6-11)12-10/h2-3H,4-5,7H2,1H3. The van der Waals surface area contributed by atoms with Crippen LogP contribution in [0.25, 0.3) is 0 Å². The first-order valence-electron chi connectivity index (χ1n) is 4.37. The number of hydrogen-bond acceptors (Lipinski definition) is 3. The molecule has 1 aliphatic heterocycles. The van der Waals surface area contributed by atoms with Crippen LogP contribution in [0, 0.1) is 11.3 Å². The SMILES string of the molecule is CN1CCc2nc(C#N)ccc2C1. The highest BCUT2D eigenvalue weighted by Crippen LogP contribution is 2.15. The third-order valence-corrected chi connectivity index (χ3v) is 2.35. The fourth-order valence-corrected chi connectivity index (χ4v) is 1.62. The lowest BCUT2D eigenvalue weighted by Gasteiger charge is -2.23. The number of pyridine rings is 1. The third-order valence-electron chi connectivity index (χ3n) is 2.35. The van der Waals surface area contributed by atoms with E-state index >= 15 is 0 Å². The van der Waals surface area contributed by atoms with Crippen molar-refractivity contribution in [2.24, 2.45) is 0 Å². The minimum atomic E-state index is 0.531. The van der Waals surface area contributed by atoms with Crippen LogP contribution in [0.1, 0.15) is 17.0 Å². The summed E-state index contributed by atoms with van der Waals surface area (Å²) in [5.41, 5.74) is 2.88. The molecule has 0 N–H and O–H groups in total. The van der Waals surface area contributed by atoms with Gasteiger partial charge >= 0.3 is 0 Å². The van der Waals surface area contributed by atoms with E-state index in [-0.39, 0.29) is 0 Å². The fraction of sp³-hybridized carbons (Fsp3) is 0.400. The summed E-state index contributed by atoms with van der Waals surface area (Å²) >= 11 is 0. The first-order valence-corrected chi connectivity index (χ1v) is 4.37. The van der Waals surface area contributed by atoms with Crippen molar-refractivity contribution in [3.63, 3.8) is 0 Å². The first kappa shape index (κ1) is 8.21. The zero-order chi connectivity index (χ0) is 9.26. The zero-order valence-electron chi connectivity index (χ0n) is 7.62. The fourth-order valence-electron chi connectivity index (χ4n) is 1.62. The van der Waals surface area contributed by atoms with Crippen molar-refractivity contribution in [1.29, 1.82) is 5.26 Å². The maximum atomic E-state index is 8.67. The van der Waals surface area contributed by atoms with E-state index in [2.05, 4.69) is 23.0 Å². The lowest BCUT2D eigenvalue weighted by Crippen LogP contribution is -2.27. The Morgan fingerprint density at radius 3 is 3.15 bits per heavy atom. The van der Waals surface area contributed by atoms with Crippen LogP contribution in [0.5, 0.6) is 0 Å². The van der Waals surface area contributed by atoms with Crippen LogP contribution in [-0.2, 0) is 13.0 Å². The second-order valence-corrected chi connectivity index (χ2v) is 3.40. The van der Waals surface area contributed by atoms with Crippen molar-refractivity contribution in [1.82, 2.24) is 9.88 Å². The summed E-state index contributed by atoms with van der Waals surface area (Å²) in [5.74, 6) is 0. The van der Waals surface area contributed by atoms with E-state index in [0.29, 0.717) is 5.69 Å². The highest BCUT2D eigenvalue weighted by molar-refractivity contribution is 5.30. The van der Waals surface area contributed by atoms with Crippen LogP contribution < -0.4 is 0 Å². The van der Waals surface area contributed by atoms with Gasteiger partial charge in [-0.25, -0.2) is 4.98 Å². The normalized spacial score (nSPS) is 16.3. The maximum absolute atomic E-state index is 8.67. The Hall–Kier alpha value is -1.40. The highest BCUT2D eigenvalue weighted by Gasteiger charge is 2.14. The molecule has 1 aromatic heterocycles. The van der Waals surface area contributed by atoms with Crippen molar-refractivity contribution in [3.05, 3.63) is 29.1 Å². The lowest BCUT2D eigenvalue weighted by atomic mass is 10.1. The molecular formula is C10H11N3. The third kappa shape index (κ3) is 1.53. The van der Waals surface area contributed by atoms with E-state index in [9.17, 15) is 0 Å². The summed E-state index contributed by atoms with van der Waals surface area (Å²) < 4.78 is 0. The minimum Gasteiger partial charge on any atom is -0.302 e. The van der Waals surface area contributed by atoms with Gasteiger partial charge in [-0.2, -0.15) is 5.26 Å². The summed E-state index contributed by atoms with van der Waals surface area (Å²) in [6.45, 7) is 1.99. The summed E-state index contributed by atoms with van der Waals surface area (Å²) in [7, 11) is 2.10. The molecule has 2 heterocycles. The number of likely N-dealkylation sites (N-methyl/N-ethyl adjacent to an activating group) is 1. The van der Waals surface area contributed by atoms with Gasteiger partial charge in [0.2, 0.25) is 0 Å². The molecule has 0 aliphatic carbocycles. The molecule has 0 saturated carbocycles. The van der Waals surface area contributed by atoms with Gasteiger partial charge in [0.15, 0.2) is 0 Å². The van der Waals surface area contributed by atoms with Crippen LogP contribution in [0.3, 0.4) is 0 Å². The Morgan fingerprint density at radius 2 is 2.38 bits per heavy atom. The molecule has 0 spiro atoms. The van der Waals surface area contributed by atoms with Crippen molar-refractivity contribution in [2.45, 2.75) is 13.0 Å². The molecule has 1 aromatic rings. The molecule has 0 amide bonds. The van der Waals surface area contributed by atoms with Crippen molar-refractivity contribution in [3.8, 4) is 6.07 Å². The minimum absolute atomic E-state index is 0.531.